The summed E-state index contributed by atoms with van der Waals surface area (Å²) in [6.07, 6.45) is 0.0793. The minimum atomic E-state index is -3.51. The van der Waals surface area contributed by atoms with Gasteiger partial charge in [0.15, 0.2) is 0 Å². The van der Waals surface area contributed by atoms with E-state index in [-0.39, 0.29) is 38.4 Å². The first-order valence-corrected chi connectivity index (χ1v) is 14.1. The van der Waals surface area contributed by atoms with Crippen molar-refractivity contribution in [2.75, 3.05) is 26.0 Å². The highest BCUT2D eigenvalue weighted by Crippen LogP contribution is 2.48. The summed E-state index contributed by atoms with van der Waals surface area (Å²) in [5, 5.41) is 6.62. The Morgan fingerprint density at radius 3 is 2.29 bits per heavy atom. The van der Waals surface area contributed by atoms with Crippen molar-refractivity contribution in [3.63, 3.8) is 0 Å². The molecule has 34 heavy (non-hydrogen) atoms. The Kier molecular flexibility index (Phi) is 11.8. The number of carbonyl (C=O) groups is 2. The van der Waals surface area contributed by atoms with Crippen molar-refractivity contribution in [2.24, 2.45) is 5.92 Å². The van der Waals surface area contributed by atoms with Crippen LogP contribution in [0.5, 0.6) is 0 Å². The lowest BCUT2D eigenvalue weighted by molar-refractivity contribution is -0.147. The van der Waals surface area contributed by atoms with Crippen molar-refractivity contribution in [3.8, 4) is 0 Å². The Balaban J connectivity index is 2.16. The molecule has 1 N–H and O–H groups in total. The Morgan fingerprint density at radius 2 is 1.74 bits per heavy atom. The van der Waals surface area contributed by atoms with Crippen LogP contribution < -0.4 is 5.32 Å². The van der Waals surface area contributed by atoms with Crippen molar-refractivity contribution in [1.29, 1.82) is 0 Å². The van der Waals surface area contributed by atoms with E-state index in [2.05, 4.69) is 5.32 Å². The largest absolute Gasteiger partial charge is 0.459 e. The highest BCUT2D eigenvalue weighted by atomic mass is 32.1. The average molecular weight is 511 g/mol. The smallest absolute Gasteiger partial charge is 0.349 e. The molecule has 0 fully saturated rings. The number of benzene rings is 1. The molecule has 1 aromatic carbocycles. The van der Waals surface area contributed by atoms with E-state index in [0.717, 1.165) is 11.1 Å². The van der Waals surface area contributed by atoms with Gasteiger partial charge < -0.3 is 24.0 Å². The molecule has 2 aromatic rings. The van der Waals surface area contributed by atoms with Crippen LogP contribution in [0.3, 0.4) is 0 Å². The van der Waals surface area contributed by atoms with Gasteiger partial charge in [-0.3, -0.25) is 4.57 Å². The van der Waals surface area contributed by atoms with Crippen molar-refractivity contribution in [1.82, 2.24) is 10.2 Å². The number of hydrogen-bond donors (Lipinski definition) is 1. The second kappa shape index (κ2) is 14.3. The fraction of sp³-hybridized carbons (Fsp3) is 0.500. The van der Waals surface area contributed by atoms with Crippen LogP contribution in [-0.4, -0.2) is 49.0 Å². The van der Waals surface area contributed by atoms with E-state index in [1.54, 1.807) is 13.8 Å². The molecule has 1 aromatic heterocycles. The molecule has 0 bridgehead atoms. The maximum atomic E-state index is 13.3. The highest BCUT2D eigenvalue weighted by molar-refractivity contribution is 7.53. The molecule has 0 aliphatic heterocycles. The first-order chi connectivity index (χ1) is 16.3. The van der Waals surface area contributed by atoms with Crippen LogP contribution in [0.2, 0.25) is 0 Å². The predicted molar refractivity (Wildman–Crippen MR) is 134 cm³/mol. The summed E-state index contributed by atoms with van der Waals surface area (Å²) >= 11 is 1.51. The minimum Gasteiger partial charge on any atom is -0.459 e. The van der Waals surface area contributed by atoms with E-state index in [1.165, 1.54) is 16.2 Å². The molecule has 8 nitrogen and oxygen atoms in total. The third-order valence-electron chi connectivity index (χ3n) is 4.69. The third kappa shape index (κ3) is 9.58. The molecular weight excluding hydrogens is 475 g/mol. The predicted octanol–water partition coefficient (Wildman–Crippen LogP) is 5.29. The molecule has 2 amide bonds. The molecule has 0 unspecified atom stereocenters. The van der Waals surface area contributed by atoms with Crippen LogP contribution in [0, 0.1) is 5.92 Å². The van der Waals surface area contributed by atoms with Crippen LogP contribution in [0.25, 0.3) is 0 Å². The fourth-order valence-electron chi connectivity index (χ4n) is 3.27. The second-order valence-corrected chi connectivity index (χ2v) is 10.9. The lowest BCUT2D eigenvalue weighted by atomic mass is 10.1. The minimum absolute atomic E-state index is 0.0998. The van der Waals surface area contributed by atoms with Gasteiger partial charge in [0.1, 0.15) is 18.9 Å². The molecule has 1 atom stereocenters. The van der Waals surface area contributed by atoms with Crippen molar-refractivity contribution < 1.29 is 27.9 Å². The van der Waals surface area contributed by atoms with Gasteiger partial charge in [0, 0.05) is 13.0 Å². The Bertz CT molecular complexity index is 913. The number of carbonyl (C=O) groups excluding carboxylic acids is 2. The van der Waals surface area contributed by atoms with Gasteiger partial charge in [0.05, 0.1) is 13.2 Å². The quantitative estimate of drug-likeness (QED) is 0.274. The zero-order valence-corrected chi connectivity index (χ0v) is 22.0. The van der Waals surface area contributed by atoms with Crippen molar-refractivity contribution in [3.05, 3.63) is 58.3 Å². The monoisotopic (exact) mass is 510 g/mol. The number of esters is 1. The SMILES string of the molecule is CCOP(=O)(CN(CC(C)C)C(=O)N[C@@H](Cc1ccsc1)C(=O)OCc1ccccc1)OCC. The summed E-state index contributed by atoms with van der Waals surface area (Å²) in [6, 6.07) is 9.82. The maximum Gasteiger partial charge on any atom is 0.349 e. The molecule has 0 saturated carbocycles. The molecule has 2 rings (SSSR count). The Labute approximate surface area is 206 Å². The number of nitrogens with one attached hydrogen (secondary N) is 1. The summed E-state index contributed by atoms with van der Waals surface area (Å²) in [7, 11) is -3.51. The zero-order chi connectivity index (χ0) is 25.0. The summed E-state index contributed by atoms with van der Waals surface area (Å²) in [6.45, 7) is 8.15. The first kappa shape index (κ1) is 28.1. The standard InChI is InChI=1S/C24H35N2O6PS/c1-5-31-33(29,32-6-2)18-26(15-19(3)4)24(28)25-22(14-21-12-13-34-17-21)23(27)30-16-20-10-8-7-9-11-20/h7-13,17,19,22H,5-6,14-16,18H2,1-4H3,(H,25,28)/t22-/m0/s1. The molecule has 0 spiro atoms. The van der Waals surface area contributed by atoms with Gasteiger partial charge in [-0.2, -0.15) is 11.3 Å². The van der Waals surface area contributed by atoms with Gasteiger partial charge in [0.2, 0.25) is 0 Å². The fourth-order valence-corrected chi connectivity index (χ4v) is 5.64. The van der Waals surface area contributed by atoms with E-state index in [4.69, 9.17) is 13.8 Å². The number of amides is 2. The lowest BCUT2D eigenvalue weighted by Crippen LogP contribution is -2.50. The molecule has 1 heterocycles. The molecule has 0 saturated heterocycles. The highest BCUT2D eigenvalue weighted by Gasteiger charge is 2.32. The average Bonchev–Trinajstić information content (AvgIpc) is 3.30. The van der Waals surface area contributed by atoms with Gasteiger partial charge >= 0.3 is 19.6 Å². The van der Waals surface area contributed by atoms with Crippen LogP contribution >= 0.6 is 18.9 Å². The number of thiophene rings is 1. The number of rotatable bonds is 14. The van der Waals surface area contributed by atoms with Crippen molar-refractivity contribution >= 4 is 30.9 Å². The van der Waals surface area contributed by atoms with E-state index >= 15 is 0 Å². The van der Waals surface area contributed by atoms with E-state index in [9.17, 15) is 14.2 Å². The molecule has 0 radical (unpaired) electrons. The van der Waals surface area contributed by atoms with E-state index in [1.807, 2.05) is 61.0 Å². The molecule has 0 aliphatic rings. The first-order valence-electron chi connectivity index (χ1n) is 11.4. The summed E-state index contributed by atoms with van der Waals surface area (Å²) in [4.78, 5) is 27.6. The normalized spacial score (nSPS) is 12.4. The van der Waals surface area contributed by atoms with Gasteiger partial charge in [-0.15, -0.1) is 0 Å². The Hall–Kier alpha value is -2.19. The number of nitrogens with zero attached hydrogens (tertiary/aromatic N) is 1. The lowest BCUT2D eigenvalue weighted by Gasteiger charge is -2.30. The second-order valence-electron chi connectivity index (χ2n) is 8.14. The van der Waals surface area contributed by atoms with Crippen LogP contribution in [0.1, 0.15) is 38.8 Å². The van der Waals surface area contributed by atoms with Gasteiger partial charge in [-0.25, -0.2) is 9.59 Å². The van der Waals surface area contributed by atoms with Crippen LogP contribution in [0.15, 0.2) is 47.2 Å². The van der Waals surface area contributed by atoms with Gasteiger partial charge in [-0.05, 0) is 47.7 Å². The summed E-state index contributed by atoms with van der Waals surface area (Å²) in [5.74, 6) is -0.437. The number of urea groups is 1. The van der Waals surface area contributed by atoms with Crippen molar-refractivity contribution in [2.45, 2.75) is 46.8 Å². The third-order valence-corrected chi connectivity index (χ3v) is 7.42. The van der Waals surface area contributed by atoms with Gasteiger partial charge in [0.25, 0.3) is 0 Å². The zero-order valence-electron chi connectivity index (χ0n) is 20.3. The number of hydrogen-bond acceptors (Lipinski definition) is 7. The van der Waals surface area contributed by atoms with E-state index < -0.39 is 25.6 Å². The maximum absolute atomic E-state index is 13.3. The summed E-state index contributed by atoms with van der Waals surface area (Å²) in [5.41, 5.74) is 1.77. The molecule has 0 aliphatic carbocycles. The molecule has 188 valence electrons. The molecule has 10 heteroatoms. The van der Waals surface area contributed by atoms with Gasteiger partial charge in [-0.1, -0.05) is 44.2 Å². The Morgan fingerprint density at radius 1 is 1.06 bits per heavy atom. The van der Waals surface area contributed by atoms with Crippen LogP contribution in [-0.2, 0) is 36.2 Å². The topological polar surface area (TPSA) is 94.2 Å². The summed E-state index contributed by atoms with van der Waals surface area (Å²) < 4.78 is 29.4. The van der Waals surface area contributed by atoms with E-state index in [0.29, 0.717) is 6.54 Å². The number of ether oxygens (including phenoxy) is 1. The molecular formula is C24H35N2O6PS. The van der Waals surface area contributed by atoms with Crippen LogP contribution in [0.4, 0.5) is 4.79 Å².